The molecule has 0 bridgehead atoms. The summed E-state index contributed by atoms with van der Waals surface area (Å²) in [6.07, 6.45) is 2.07. The minimum atomic E-state index is -0.0644. The molecule has 2 aromatic rings. The van der Waals surface area contributed by atoms with Gasteiger partial charge in [0.25, 0.3) is 5.91 Å². The van der Waals surface area contributed by atoms with Crippen LogP contribution in [-0.4, -0.2) is 34.1 Å². The molecular formula is C17H18Cl2N4O. The van der Waals surface area contributed by atoms with Crippen LogP contribution in [0.2, 0.25) is 10.0 Å². The van der Waals surface area contributed by atoms with Crippen molar-refractivity contribution in [1.29, 1.82) is 0 Å². The summed E-state index contributed by atoms with van der Waals surface area (Å²) in [5, 5.41) is 12.2. The van der Waals surface area contributed by atoms with Crippen LogP contribution in [0.1, 0.15) is 30.3 Å². The molecular weight excluding hydrogens is 347 g/mol. The number of halogens is 2. The Morgan fingerprint density at radius 2 is 1.92 bits per heavy atom. The lowest BCUT2D eigenvalue weighted by molar-refractivity contribution is 0.0690. The van der Waals surface area contributed by atoms with E-state index in [1.165, 1.54) is 0 Å². The number of anilines is 2. The normalized spacial score (nSPS) is 15.4. The number of nitrogens with one attached hydrogen (secondary N) is 1. The molecule has 2 heterocycles. The maximum Gasteiger partial charge on any atom is 0.274 e. The number of likely N-dealkylation sites (tertiary alicyclic amines) is 1. The van der Waals surface area contributed by atoms with Gasteiger partial charge in [0.15, 0.2) is 11.5 Å². The average Bonchev–Trinajstić information content (AvgIpc) is 2.58. The monoisotopic (exact) mass is 364 g/mol. The highest BCUT2D eigenvalue weighted by Gasteiger charge is 2.22. The molecule has 1 fully saturated rings. The lowest BCUT2D eigenvalue weighted by Gasteiger charge is -2.29. The zero-order chi connectivity index (χ0) is 17.1. The van der Waals surface area contributed by atoms with Crippen molar-refractivity contribution in [2.75, 3.05) is 18.4 Å². The second kappa shape index (κ2) is 7.36. The molecule has 0 unspecified atom stereocenters. The van der Waals surface area contributed by atoms with Gasteiger partial charge in [-0.15, -0.1) is 10.2 Å². The molecule has 1 aliphatic rings. The van der Waals surface area contributed by atoms with Gasteiger partial charge < -0.3 is 10.2 Å². The Morgan fingerprint density at radius 1 is 1.17 bits per heavy atom. The van der Waals surface area contributed by atoms with Gasteiger partial charge in [-0.2, -0.15) is 0 Å². The molecule has 7 heteroatoms. The van der Waals surface area contributed by atoms with E-state index < -0.39 is 0 Å². The maximum absolute atomic E-state index is 12.4. The maximum atomic E-state index is 12.4. The molecule has 0 radical (unpaired) electrons. The van der Waals surface area contributed by atoms with E-state index in [1.807, 2.05) is 4.90 Å². The van der Waals surface area contributed by atoms with Crippen molar-refractivity contribution >= 4 is 40.6 Å². The summed E-state index contributed by atoms with van der Waals surface area (Å²) < 4.78 is 0. The van der Waals surface area contributed by atoms with Crippen LogP contribution < -0.4 is 5.32 Å². The van der Waals surface area contributed by atoms with Crippen LogP contribution in [0.4, 0.5) is 11.5 Å². The van der Waals surface area contributed by atoms with E-state index in [4.69, 9.17) is 23.2 Å². The highest BCUT2D eigenvalue weighted by molar-refractivity contribution is 6.36. The summed E-state index contributed by atoms with van der Waals surface area (Å²) in [6.45, 7) is 3.77. The first-order valence-electron chi connectivity index (χ1n) is 7.88. The second-order valence-corrected chi connectivity index (χ2v) is 6.87. The van der Waals surface area contributed by atoms with Crippen LogP contribution in [0.15, 0.2) is 30.3 Å². The minimum absolute atomic E-state index is 0.0644. The van der Waals surface area contributed by atoms with Crippen LogP contribution in [-0.2, 0) is 0 Å². The Balaban J connectivity index is 1.68. The molecule has 1 N–H and O–H groups in total. The number of aromatic nitrogens is 2. The van der Waals surface area contributed by atoms with E-state index >= 15 is 0 Å². The molecule has 1 aliphatic heterocycles. The summed E-state index contributed by atoms with van der Waals surface area (Å²) >= 11 is 12.0. The first-order valence-corrected chi connectivity index (χ1v) is 8.63. The van der Waals surface area contributed by atoms with E-state index in [9.17, 15) is 4.79 Å². The number of nitrogens with zero attached hydrogens (tertiary/aromatic N) is 3. The fraction of sp³-hybridized carbons (Fsp3) is 0.353. The topological polar surface area (TPSA) is 58.1 Å². The van der Waals surface area contributed by atoms with Crippen molar-refractivity contribution in [2.45, 2.75) is 19.8 Å². The van der Waals surface area contributed by atoms with Gasteiger partial charge in [-0.05, 0) is 49.1 Å². The van der Waals surface area contributed by atoms with Crippen molar-refractivity contribution in [3.8, 4) is 0 Å². The number of hydrogen-bond donors (Lipinski definition) is 1. The molecule has 126 valence electrons. The molecule has 1 aromatic heterocycles. The first-order chi connectivity index (χ1) is 11.5. The largest absolute Gasteiger partial charge is 0.338 e. The average molecular weight is 365 g/mol. The summed E-state index contributed by atoms with van der Waals surface area (Å²) in [6, 6.07) is 8.55. The Hall–Kier alpha value is -1.85. The smallest absolute Gasteiger partial charge is 0.274 e. The van der Waals surface area contributed by atoms with Crippen molar-refractivity contribution in [2.24, 2.45) is 5.92 Å². The number of piperidine rings is 1. The van der Waals surface area contributed by atoms with E-state index in [1.54, 1.807) is 30.3 Å². The number of hydrogen-bond acceptors (Lipinski definition) is 4. The highest BCUT2D eigenvalue weighted by Crippen LogP contribution is 2.27. The molecule has 0 saturated carbocycles. The number of carbonyl (C=O) groups excluding carboxylic acids is 1. The van der Waals surface area contributed by atoms with Crippen LogP contribution in [0, 0.1) is 5.92 Å². The third-order valence-electron chi connectivity index (χ3n) is 4.15. The lowest BCUT2D eigenvalue weighted by Crippen LogP contribution is -2.38. The highest BCUT2D eigenvalue weighted by atomic mass is 35.5. The molecule has 0 spiro atoms. The molecule has 5 nitrogen and oxygen atoms in total. The van der Waals surface area contributed by atoms with Crippen LogP contribution in [0.3, 0.4) is 0 Å². The molecule has 0 aliphatic carbocycles. The van der Waals surface area contributed by atoms with Gasteiger partial charge in [-0.3, -0.25) is 4.79 Å². The van der Waals surface area contributed by atoms with Gasteiger partial charge in [0.2, 0.25) is 0 Å². The molecule has 3 rings (SSSR count). The van der Waals surface area contributed by atoms with E-state index in [0.29, 0.717) is 33.2 Å². The fourth-order valence-electron chi connectivity index (χ4n) is 2.62. The Kier molecular flexibility index (Phi) is 5.21. The van der Waals surface area contributed by atoms with Gasteiger partial charge in [-0.1, -0.05) is 30.1 Å². The Labute approximate surface area is 151 Å². The fourth-order valence-corrected chi connectivity index (χ4v) is 3.07. The predicted octanol–water partition coefficient (Wildman–Crippen LogP) is 4.40. The van der Waals surface area contributed by atoms with E-state index in [2.05, 4.69) is 22.4 Å². The number of carbonyl (C=O) groups is 1. The summed E-state index contributed by atoms with van der Waals surface area (Å²) in [5.74, 6) is 1.13. The molecule has 1 amide bonds. The molecule has 24 heavy (non-hydrogen) atoms. The SMILES string of the molecule is CC1CCN(C(=O)c2ccc(Nc3ccc(Cl)cc3Cl)nn2)CC1. The molecule has 1 saturated heterocycles. The second-order valence-electron chi connectivity index (χ2n) is 6.03. The first kappa shape index (κ1) is 17.0. The Bertz CT molecular complexity index is 728. The standard InChI is InChI=1S/C17H18Cl2N4O/c1-11-6-8-23(9-7-11)17(24)15-4-5-16(22-21-15)20-14-3-2-12(18)10-13(14)19/h2-5,10-11H,6-9H2,1H3,(H,20,22). The van der Waals surface area contributed by atoms with Gasteiger partial charge >= 0.3 is 0 Å². The number of amides is 1. The van der Waals surface area contributed by atoms with Crippen LogP contribution in [0.5, 0.6) is 0 Å². The van der Waals surface area contributed by atoms with E-state index in [0.717, 1.165) is 25.9 Å². The van der Waals surface area contributed by atoms with Crippen molar-refractivity contribution in [3.63, 3.8) is 0 Å². The van der Waals surface area contributed by atoms with Gasteiger partial charge in [0.05, 0.1) is 10.7 Å². The Morgan fingerprint density at radius 3 is 2.54 bits per heavy atom. The molecule has 0 atom stereocenters. The van der Waals surface area contributed by atoms with Crippen molar-refractivity contribution in [1.82, 2.24) is 15.1 Å². The number of rotatable bonds is 3. The van der Waals surface area contributed by atoms with Gasteiger partial charge in [0.1, 0.15) is 0 Å². The summed E-state index contributed by atoms with van der Waals surface area (Å²) in [4.78, 5) is 14.3. The molecule has 1 aromatic carbocycles. The van der Waals surface area contributed by atoms with Gasteiger partial charge in [0, 0.05) is 18.1 Å². The van der Waals surface area contributed by atoms with Crippen LogP contribution >= 0.6 is 23.2 Å². The minimum Gasteiger partial charge on any atom is -0.338 e. The third kappa shape index (κ3) is 3.97. The van der Waals surface area contributed by atoms with Crippen molar-refractivity contribution < 1.29 is 4.79 Å². The quantitative estimate of drug-likeness (QED) is 0.876. The number of benzene rings is 1. The zero-order valence-corrected chi connectivity index (χ0v) is 14.8. The predicted molar refractivity (Wildman–Crippen MR) is 96.1 cm³/mol. The zero-order valence-electron chi connectivity index (χ0n) is 13.3. The van der Waals surface area contributed by atoms with E-state index in [-0.39, 0.29) is 5.91 Å². The van der Waals surface area contributed by atoms with Gasteiger partial charge in [-0.25, -0.2) is 0 Å². The lowest BCUT2D eigenvalue weighted by atomic mass is 9.99. The third-order valence-corrected chi connectivity index (χ3v) is 4.70. The van der Waals surface area contributed by atoms with Crippen LogP contribution in [0.25, 0.3) is 0 Å². The summed E-state index contributed by atoms with van der Waals surface area (Å²) in [7, 11) is 0. The van der Waals surface area contributed by atoms with Crippen molar-refractivity contribution in [3.05, 3.63) is 46.1 Å². The summed E-state index contributed by atoms with van der Waals surface area (Å²) in [5.41, 5.74) is 1.04.